The fraction of sp³-hybridized carbons (Fsp3) is 0.520. The summed E-state index contributed by atoms with van der Waals surface area (Å²) in [5.74, 6) is 1.19. The van der Waals surface area contributed by atoms with E-state index in [9.17, 15) is 14.4 Å². The third-order valence-electron chi connectivity index (χ3n) is 8.05. The van der Waals surface area contributed by atoms with Crippen LogP contribution >= 0.6 is 0 Å². The number of ether oxygens (including phenoxy) is 1. The summed E-state index contributed by atoms with van der Waals surface area (Å²) >= 11 is 0. The summed E-state index contributed by atoms with van der Waals surface area (Å²) in [5.41, 5.74) is 2.91. The number of imidazole rings is 1. The zero-order valence-electron chi connectivity index (χ0n) is 19.4. The Hall–Kier alpha value is -3.20. The lowest BCUT2D eigenvalue weighted by atomic mass is 9.77. The third-order valence-corrected chi connectivity index (χ3v) is 8.05. The number of nitrogens with zero attached hydrogens (tertiary/aromatic N) is 3. The first-order valence-electron chi connectivity index (χ1n) is 12.2. The van der Waals surface area contributed by atoms with E-state index >= 15 is 0 Å². The summed E-state index contributed by atoms with van der Waals surface area (Å²) in [5, 5.41) is 2.94. The number of benzene rings is 1. The predicted octanol–water partition coefficient (Wildman–Crippen LogP) is 2.12. The van der Waals surface area contributed by atoms with Crippen molar-refractivity contribution in [3.05, 3.63) is 45.6 Å². The number of aryl methyl sites for hydroxylation is 1. The molecule has 34 heavy (non-hydrogen) atoms. The van der Waals surface area contributed by atoms with Gasteiger partial charge in [0.15, 0.2) is 0 Å². The van der Waals surface area contributed by atoms with Gasteiger partial charge < -0.3 is 19.9 Å². The van der Waals surface area contributed by atoms with Gasteiger partial charge in [-0.05, 0) is 56.7 Å². The molecule has 9 heteroatoms. The molecule has 0 atom stereocenters. The van der Waals surface area contributed by atoms with Crippen LogP contribution in [0.3, 0.4) is 0 Å². The Balaban J connectivity index is 1.36. The van der Waals surface area contributed by atoms with Crippen molar-refractivity contribution >= 4 is 28.4 Å². The number of hydrogen-bond acceptors (Lipinski definition) is 5. The highest BCUT2D eigenvalue weighted by molar-refractivity contribution is 5.99. The van der Waals surface area contributed by atoms with Crippen LogP contribution < -0.4 is 10.9 Å². The molecule has 5 heterocycles. The first-order chi connectivity index (χ1) is 16.5. The van der Waals surface area contributed by atoms with Crippen LogP contribution in [0.25, 0.3) is 16.6 Å². The predicted molar refractivity (Wildman–Crippen MR) is 126 cm³/mol. The molecule has 0 bridgehead atoms. The molecule has 3 aromatic rings. The average molecular weight is 464 g/mol. The Morgan fingerprint density at radius 3 is 2.59 bits per heavy atom. The molecule has 3 fully saturated rings. The van der Waals surface area contributed by atoms with Crippen LogP contribution in [0.4, 0.5) is 0 Å². The summed E-state index contributed by atoms with van der Waals surface area (Å²) < 4.78 is 7.46. The summed E-state index contributed by atoms with van der Waals surface area (Å²) in [6.07, 6.45) is 5.62. The lowest BCUT2D eigenvalue weighted by Gasteiger charge is -2.37. The largest absolute Gasteiger partial charge is 0.381 e. The van der Waals surface area contributed by atoms with E-state index in [1.165, 1.54) is 0 Å². The minimum absolute atomic E-state index is 0.0520. The second-order valence-electron chi connectivity index (χ2n) is 9.94. The molecule has 1 spiro atoms. The number of piperidine rings is 1. The average Bonchev–Trinajstić information content (AvgIpc) is 3.45. The minimum Gasteiger partial charge on any atom is -0.381 e. The first-order valence-corrected chi connectivity index (χ1v) is 12.2. The summed E-state index contributed by atoms with van der Waals surface area (Å²) in [6, 6.07) is 3.78. The number of carbonyl (C=O) groups excluding carboxylic acids is 2. The van der Waals surface area contributed by atoms with Gasteiger partial charge in [-0.25, -0.2) is 4.98 Å². The van der Waals surface area contributed by atoms with Gasteiger partial charge in [0.05, 0.1) is 22.6 Å². The Morgan fingerprint density at radius 2 is 1.88 bits per heavy atom. The molecular weight excluding hydrogens is 434 g/mol. The van der Waals surface area contributed by atoms with Gasteiger partial charge in [-0.1, -0.05) is 0 Å². The molecule has 0 unspecified atom stereocenters. The van der Waals surface area contributed by atoms with Crippen LogP contribution in [0.1, 0.15) is 59.8 Å². The Kier molecular flexibility index (Phi) is 4.98. The number of hydrogen-bond donors (Lipinski definition) is 2. The maximum Gasteiger partial charge on any atom is 0.274 e. The van der Waals surface area contributed by atoms with Gasteiger partial charge in [0, 0.05) is 44.3 Å². The van der Waals surface area contributed by atoms with E-state index in [4.69, 9.17) is 4.74 Å². The number of nitrogens with one attached hydrogen (secondary N) is 2. The topological polar surface area (TPSA) is 109 Å². The van der Waals surface area contributed by atoms with Crippen LogP contribution in [0.2, 0.25) is 0 Å². The quantitative estimate of drug-likeness (QED) is 0.605. The Morgan fingerprint density at radius 1 is 1.12 bits per heavy atom. The van der Waals surface area contributed by atoms with Crippen molar-refractivity contribution in [3.8, 4) is 0 Å². The van der Waals surface area contributed by atoms with Gasteiger partial charge in [0.1, 0.15) is 11.3 Å². The number of H-pyrrole nitrogens is 1. The van der Waals surface area contributed by atoms with Gasteiger partial charge in [0.25, 0.3) is 11.5 Å². The zero-order valence-corrected chi connectivity index (χ0v) is 19.4. The van der Waals surface area contributed by atoms with E-state index in [-0.39, 0.29) is 28.7 Å². The van der Waals surface area contributed by atoms with Gasteiger partial charge in [-0.3, -0.25) is 18.8 Å². The number of aromatic amines is 1. The van der Waals surface area contributed by atoms with Crippen molar-refractivity contribution in [2.24, 2.45) is 5.41 Å². The monoisotopic (exact) mass is 463 g/mol. The van der Waals surface area contributed by atoms with E-state index in [2.05, 4.69) is 15.3 Å². The highest BCUT2D eigenvalue weighted by Gasteiger charge is 2.45. The van der Waals surface area contributed by atoms with Crippen molar-refractivity contribution in [2.45, 2.75) is 44.9 Å². The molecule has 1 aromatic carbocycles. The van der Waals surface area contributed by atoms with Gasteiger partial charge in [0.2, 0.25) is 5.91 Å². The minimum atomic E-state index is -0.311. The molecule has 3 aliphatic heterocycles. The number of aromatic nitrogens is 3. The van der Waals surface area contributed by atoms with Crippen LogP contribution in [-0.4, -0.2) is 63.9 Å². The maximum absolute atomic E-state index is 13.5. The van der Waals surface area contributed by atoms with Gasteiger partial charge in [-0.15, -0.1) is 0 Å². The van der Waals surface area contributed by atoms with Crippen LogP contribution in [0.5, 0.6) is 0 Å². The molecule has 2 aromatic heterocycles. The maximum atomic E-state index is 13.5. The van der Waals surface area contributed by atoms with Crippen LogP contribution in [-0.2, 0) is 9.53 Å². The van der Waals surface area contributed by atoms with E-state index in [0.717, 1.165) is 42.7 Å². The second-order valence-corrected chi connectivity index (χ2v) is 9.94. The van der Waals surface area contributed by atoms with E-state index in [1.807, 2.05) is 22.3 Å². The fourth-order valence-electron chi connectivity index (χ4n) is 5.92. The number of likely N-dealkylation sites (tertiary alicyclic amines) is 1. The Labute approximate surface area is 196 Å². The van der Waals surface area contributed by atoms with Gasteiger partial charge in [-0.2, -0.15) is 0 Å². The number of rotatable bonds is 2. The lowest BCUT2D eigenvalue weighted by molar-refractivity contribution is -0.129. The van der Waals surface area contributed by atoms with Crippen molar-refractivity contribution in [1.29, 1.82) is 0 Å². The molecule has 178 valence electrons. The summed E-state index contributed by atoms with van der Waals surface area (Å²) in [7, 11) is 0. The van der Waals surface area contributed by atoms with Crippen molar-refractivity contribution < 1.29 is 14.3 Å². The van der Waals surface area contributed by atoms with E-state index < -0.39 is 0 Å². The SMILES string of the molecule is Cc1cc2c(cc1C(=O)N1CCC3(CCNC3=O)CC1)[nH]c(=O)c1cnc(C3CCOCC3)n12. The van der Waals surface area contributed by atoms with E-state index in [1.54, 1.807) is 12.3 Å². The van der Waals surface area contributed by atoms with Crippen molar-refractivity contribution in [3.63, 3.8) is 0 Å². The van der Waals surface area contributed by atoms with Crippen LogP contribution in [0.15, 0.2) is 23.1 Å². The van der Waals surface area contributed by atoms with E-state index in [0.29, 0.717) is 55.7 Å². The smallest absolute Gasteiger partial charge is 0.274 e. The lowest BCUT2D eigenvalue weighted by Crippen LogP contribution is -2.46. The molecule has 9 nitrogen and oxygen atoms in total. The van der Waals surface area contributed by atoms with Crippen molar-refractivity contribution in [1.82, 2.24) is 24.6 Å². The molecule has 0 radical (unpaired) electrons. The molecule has 6 rings (SSSR count). The molecule has 2 amide bonds. The first kappa shape index (κ1) is 21.3. The van der Waals surface area contributed by atoms with Crippen LogP contribution in [0, 0.1) is 12.3 Å². The number of fused-ring (bicyclic) bond motifs is 3. The zero-order chi connectivity index (χ0) is 23.4. The fourth-order valence-corrected chi connectivity index (χ4v) is 5.92. The summed E-state index contributed by atoms with van der Waals surface area (Å²) in [6.45, 7) is 5.17. The molecule has 3 saturated heterocycles. The molecule has 0 saturated carbocycles. The van der Waals surface area contributed by atoms with Crippen molar-refractivity contribution in [2.75, 3.05) is 32.8 Å². The number of amides is 2. The second kappa shape index (κ2) is 7.94. The molecule has 0 aliphatic carbocycles. The normalized spacial score (nSPS) is 21.0. The molecule has 2 N–H and O–H groups in total. The summed E-state index contributed by atoms with van der Waals surface area (Å²) in [4.78, 5) is 48.0. The molecular formula is C25H29N5O4. The standard InChI is InChI=1S/C25H29N5O4/c1-15-12-19-18(28-22(31)20-14-27-21(30(19)20)16-2-10-34-11-3-16)13-17(15)23(32)29-8-5-25(6-9-29)4-7-26-24(25)33/h12-14,16H,2-11H2,1H3,(H,26,33)(H,28,31). The Bertz CT molecular complexity index is 1360. The highest BCUT2D eigenvalue weighted by Crippen LogP contribution is 2.38. The highest BCUT2D eigenvalue weighted by atomic mass is 16.5. The molecule has 3 aliphatic rings. The van der Waals surface area contributed by atoms with Gasteiger partial charge >= 0.3 is 0 Å². The third kappa shape index (κ3) is 3.25. The number of carbonyl (C=O) groups is 2.